The monoisotopic (exact) mass is 534 g/mol. The largest absolute Gasteiger partial charge is 0.464 e. The van der Waals surface area contributed by atoms with Crippen LogP contribution in [0.4, 0.5) is 5.69 Å². The molecular weight excluding hydrogens is 500 g/mol. The Morgan fingerprint density at radius 3 is 2.46 bits per heavy atom. The van der Waals surface area contributed by atoms with E-state index in [0.29, 0.717) is 17.3 Å². The van der Waals surface area contributed by atoms with E-state index in [1.165, 1.54) is 12.1 Å². The molecule has 0 bridgehead atoms. The molecule has 0 spiro atoms. The topological polar surface area (TPSA) is 115 Å². The molecule has 1 unspecified atom stereocenters. The molecule has 0 aliphatic heterocycles. The van der Waals surface area contributed by atoms with Crippen molar-refractivity contribution in [3.05, 3.63) is 82.2 Å². The van der Waals surface area contributed by atoms with Gasteiger partial charge in [-0.05, 0) is 50.6 Å². The number of esters is 1. The fourth-order valence-corrected chi connectivity index (χ4v) is 4.09. The molecule has 1 amide bonds. The van der Waals surface area contributed by atoms with Crippen molar-refractivity contribution < 1.29 is 28.3 Å². The second kappa shape index (κ2) is 14.1. The minimum Gasteiger partial charge on any atom is -0.464 e. The van der Waals surface area contributed by atoms with E-state index in [1.54, 1.807) is 25.1 Å². The number of benzene rings is 2. The molecule has 9 heteroatoms. The van der Waals surface area contributed by atoms with E-state index < -0.39 is 23.1 Å². The van der Waals surface area contributed by atoms with E-state index in [4.69, 9.17) is 13.9 Å². The Morgan fingerprint density at radius 1 is 1.05 bits per heavy atom. The third kappa shape index (κ3) is 7.42. The van der Waals surface area contributed by atoms with Gasteiger partial charge in [-0.15, -0.1) is 0 Å². The molecule has 2 aromatic carbocycles. The number of carbonyl (C=O) groups excluding carboxylic acids is 3. The summed E-state index contributed by atoms with van der Waals surface area (Å²) in [7, 11) is 0. The Hall–Kier alpha value is -4.24. The van der Waals surface area contributed by atoms with Crippen LogP contribution in [-0.2, 0) is 19.1 Å². The van der Waals surface area contributed by atoms with Crippen molar-refractivity contribution in [3.8, 4) is 0 Å². The van der Waals surface area contributed by atoms with Crippen LogP contribution in [0.3, 0.4) is 0 Å². The van der Waals surface area contributed by atoms with Crippen LogP contribution in [0, 0.1) is 0 Å². The summed E-state index contributed by atoms with van der Waals surface area (Å²) in [6.07, 6.45) is 3.47. The molecule has 206 valence electrons. The van der Waals surface area contributed by atoms with E-state index in [9.17, 15) is 19.2 Å². The van der Waals surface area contributed by atoms with Crippen molar-refractivity contribution in [1.82, 2.24) is 5.32 Å². The highest BCUT2D eigenvalue weighted by atomic mass is 16.6. The lowest BCUT2D eigenvalue weighted by Gasteiger charge is -2.27. The minimum absolute atomic E-state index is 0.0314. The van der Waals surface area contributed by atoms with Crippen molar-refractivity contribution in [2.45, 2.75) is 32.8 Å². The summed E-state index contributed by atoms with van der Waals surface area (Å²) < 4.78 is 16.4. The van der Waals surface area contributed by atoms with Crippen molar-refractivity contribution >= 4 is 40.9 Å². The molecule has 0 fully saturated rings. The van der Waals surface area contributed by atoms with Crippen LogP contribution >= 0.6 is 0 Å². The molecule has 0 radical (unpaired) electrons. The molecule has 39 heavy (non-hydrogen) atoms. The van der Waals surface area contributed by atoms with Crippen LogP contribution in [0.25, 0.3) is 17.0 Å². The molecule has 1 heterocycles. The van der Waals surface area contributed by atoms with Gasteiger partial charge in [0, 0.05) is 43.2 Å². The van der Waals surface area contributed by atoms with Crippen molar-refractivity contribution in [3.63, 3.8) is 0 Å². The number of rotatable bonds is 14. The summed E-state index contributed by atoms with van der Waals surface area (Å²) in [5, 5.41) is 3.23. The first-order valence-corrected chi connectivity index (χ1v) is 13.0. The SMILES string of the molecule is CCOC(=O)C(/C=C/c1ccccc1)(CC=O)OCCNC(=O)c1cc2ccc(N(CC)CC)cc2oc1=O. The number of nitrogens with one attached hydrogen (secondary N) is 1. The van der Waals surface area contributed by atoms with E-state index >= 15 is 0 Å². The number of anilines is 1. The minimum atomic E-state index is -1.66. The second-order valence-corrected chi connectivity index (χ2v) is 8.67. The Balaban J connectivity index is 1.72. The van der Waals surface area contributed by atoms with Crippen LogP contribution in [0.1, 0.15) is 43.1 Å². The fraction of sp³-hybridized carbons (Fsp3) is 0.333. The van der Waals surface area contributed by atoms with Gasteiger partial charge < -0.3 is 28.9 Å². The zero-order valence-electron chi connectivity index (χ0n) is 22.5. The van der Waals surface area contributed by atoms with Crippen LogP contribution in [0.15, 0.2) is 69.9 Å². The maximum Gasteiger partial charge on any atom is 0.349 e. The number of amides is 1. The average Bonchev–Trinajstić information content (AvgIpc) is 2.94. The average molecular weight is 535 g/mol. The van der Waals surface area contributed by atoms with Crippen LogP contribution in [0.5, 0.6) is 0 Å². The van der Waals surface area contributed by atoms with Gasteiger partial charge in [-0.1, -0.05) is 36.4 Å². The van der Waals surface area contributed by atoms with E-state index in [-0.39, 0.29) is 31.7 Å². The Morgan fingerprint density at radius 2 is 1.79 bits per heavy atom. The third-order valence-electron chi connectivity index (χ3n) is 6.19. The molecule has 0 aliphatic carbocycles. The Bertz CT molecular complexity index is 1360. The summed E-state index contributed by atoms with van der Waals surface area (Å²) >= 11 is 0. The molecule has 1 atom stereocenters. The number of hydrogen-bond acceptors (Lipinski definition) is 8. The van der Waals surface area contributed by atoms with E-state index in [0.717, 1.165) is 24.3 Å². The first-order valence-electron chi connectivity index (χ1n) is 13.0. The first-order chi connectivity index (χ1) is 18.9. The third-order valence-corrected chi connectivity index (χ3v) is 6.19. The molecule has 0 saturated carbocycles. The fourth-order valence-electron chi connectivity index (χ4n) is 4.09. The van der Waals surface area contributed by atoms with Crippen LogP contribution < -0.4 is 15.8 Å². The van der Waals surface area contributed by atoms with Gasteiger partial charge in [-0.3, -0.25) is 4.79 Å². The standard InChI is InChI=1S/C30H34N2O7/c1-4-32(5-2)24-13-12-23-20-25(28(35)39-26(23)21-24)27(34)31-17-19-38-30(16-18-33,29(36)37-6-3)15-14-22-10-8-7-9-11-22/h7-15,18,20-21H,4-6,16-17,19H2,1-3H3,(H,31,34)/b15-14+. The lowest BCUT2D eigenvalue weighted by atomic mass is 9.98. The molecule has 3 rings (SSSR count). The second-order valence-electron chi connectivity index (χ2n) is 8.67. The van der Waals surface area contributed by atoms with Crippen molar-refractivity contribution in [2.24, 2.45) is 0 Å². The zero-order chi connectivity index (χ0) is 28.3. The molecule has 0 aliphatic rings. The van der Waals surface area contributed by atoms with Gasteiger partial charge in [-0.25, -0.2) is 9.59 Å². The highest BCUT2D eigenvalue weighted by Crippen LogP contribution is 2.23. The molecule has 1 aromatic heterocycles. The van der Waals surface area contributed by atoms with Crippen LogP contribution in [0.2, 0.25) is 0 Å². The first kappa shape index (κ1) is 29.3. The summed E-state index contributed by atoms with van der Waals surface area (Å²) in [5.74, 6) is -1.35. The van der Waals surface area contributed by atoms with Gasteiger partial charge in [0.1, 0.15) is 17.4 Å². The number of carbonyl (C=O) groups is 3. The zero-order valence-corrected chi connectivity index (χ0v) is 22.5. The Labute approximate surface area is 227 Å². The van der Waals surface area contributed by atoms with Crippen LogP contribution in [-0.4, -0.2) is 56.6 Å². The van der Waals surface area contributed by atoms with Gasteiger partial charge in [0.2, 0.25) is 0 Å². The number of aldehydes is 1. The molecule has 9 nitrogen and oxygen atoms in total. The lowest BCUT2D eigenvalue weighted by Crippen LogP contribution is -2.43. The molecule has 3 aromatic rings. The van der Waals surface area contributed by atoms with Gasteiger partial charge in [0.15, 0.2) is 5.60 Å². The van der Waals surface area contributed by atoms with Crippen molar-refractivity contribution in [1.29, 1.82) is 0 Å². The van der Waals surface area contributed by atoms with Crippen molar-refractivity contribution in [2.75, 3.05) is 37.7 Å². The summed E-state index contributed by atoms with van der Waals surface area (Å²) in [4.78, 5) is 51.7. The van der Waals surface area contributed by atoms with Gasteiger partial charge >= 0.3 is 11.6 Å². The quantitative estimate of drug-likeness (QED) is 0.143. The number of hydrogen-bond donors (Lipinski definition) is 1. The summed E-state index contributed by atoms with van der Waals surface area (Å²) in [6, 6.07) is 16.2. The maximum absolute atomic E-state index is 12.8. The Kier molecular flexibility index (Phi) is 10.6. The molecule has 0 saturated heterocycles. The highest BCUT2D eigenvalue weighted by molar-refractivity contribution is 5.97. The molecule has 1 N–H and O–H groups in total. The van der Waals surface area contributed by atoms with E-state index in [2.05, 4.69) is 10.2 Å². The summed E-state index contributed by atoms with van der Waals surface area (Å²) in [6.45, 7) is 7.30. The lowest BCUT2D eigenvalue weighted by molar-refractivity contribution is -0.166. The normalized spacial score (nSPS) is 12.7. The predicted molar refractivity (Wildman–Crippen MR) is 150 cm³/mol. The van der Waals surface area contributed by atoms with Gasteiger partial charge in [0.25, 0.3) is 5.91 Å². The number of nitrogens with zero attached hydrogens (tertiary/aromatic N) is 1. The number of ether oxygens (including phenoxy) is 2. The summed E-state index contributed by atoms with van der Waals surface area (Å²) in [5.41, 5.74) is -0.449. The molecular formula is C30H34N2O7. The van der Waals surface area contributed by atoms with Gasteiger partial charge in [0.05, 0.1) is 13.2 Å². The van der Waals surface area contributed by atoms with E-state index in [1.807, 2.05) is 50.2 Å². The highest BCUT2D eigenvalue weighted by Gasteiger charge is 2.38. The van der Waals surface area contributed by atoms with Gasteiger partial charge in [-0.2, -0.15) is 0 Å². The number of fused-ring (bicyclic) bond motifs is 1. The smallest absolute Gasteiger partial charge is 0.349 e. The predicted octanol–water partition coefficient (Wildman–Crippen LogP) is 3.99. The maximum atomic E-state index is 12.8.